The number of hydrogen-bond donors (Lipinski definition) is 3. The minimum atomic E-state index is -0.460. The lowest BCUT2D eigenvalue weighted by molar-refractivity contribution is 0.0499. The standard InChI is InChI=1S/C17H21N5O3S/c1-3-17(2)9-13(23)12-8-11(4-5-14(12)25-17)20-16(24)18-6-7-26-15-10-19-22-21-15/h4-5,8,10H,3,6-7,9H2,1-2H3,(H2,18,20,24)(H,19,21,22)/t17-/m0/s1. The van der Waals surface area contributed by atoms with Crippen molar-refractivity contribution in [2.45, 2.75) is 37.3 Å². The fraction of sp³-hybridized carbons (Fsp3) is 0.412. The second kappa shape index (κ2) is 7.77. The zero-order chi connectivity index (χ0) is 18.6. The lowest BCUT2D eigenvalue weighted by atomic mass is 9.89. The Hall–Kier alpha value is -2.55. The van der Waals surface area contributed by atoms with Crippen molar-refractivity contribution in [3.8, 4) is 5.75 Å². The summed E-state index contributed by atoms with van der Waals surface area (Å²) in [5.74, 6) is 1.27. The molecule has 0 fully saturated rings. The highest BCUT2D eigenvalue weighted by Gasteiger charge is 2.35. The van der Waals surface area contributed by atoms with Gasteiger partial charge in [0.15, 0.2) is 5.78 Å². The summed E-state index contributed by atoms with van der Waals surface area (Å²) < 4.78 is 5.95. The molecule has 1 atom stereocenters. The number of hydrogen-bond acceptors (Lipinski definition) is 6. The molecule has 0 saturated heterocycles. The van der Waals surface area contributed by atoms with Gasteiger partial charge in [-0.2, -0.15) is 10.3 Å². The van der Waals surface area contributed by atoms with Gasteiger partial charge in [-0.15, -0.1) is 16.9 Å². The maximum atomic E-state index is 12.4. The summed E-state index contributed by atoms with van der Waals surface area (Å²) >= 11 is 1.49. The maximum Gasteiger partial charge on any atom is 0.319 e. The van der Waals surface area contributed by atoms with Crippen LogP contribution in [0.2, 0.25) is 0 Å². The predicted molar refractivity (Wildman–Crippen MR) is 98.8 cm³/mol. The number of urea groups is 1. The third-order valence-electron chi connectivity index (χ3n) is 4.21. The molecule has 138 valence electrons. The van der Waals surface area contributed by atoms with Gasteiger partial charge >= 0.3 is 6.03 Å². The van der Waals surface area contributed by atoms with E-state index in [0.717, 1.165) is 11.4 Å². The van der Waals surface area contributed by atoms with Crippen molar-refractivity contribution < 1.29 is 14.3 Å². The van der Waals surface area contributed by atoms with Crippen molar-refractivity contribution in [1.29, 1.82) is 0 Å². The molecule has 0 radical (unpaired) electrons. The van der Waals surface area contributed by atoms with Gasteiger partial charge in [0.25, 0.3) is 0 Å². The number of nitrogens with zero attached hydrogens (tertiary/aromatic N) is 2. The van der Waals surface area contributed by atoms with Crippen LogP contribution in [0.1, 0.15) is 37.0 Å². The van der Waals surface area contributed by atoms with Crippen molar-refractivity contribution in [1.82, 2.24) is 20.7 Å². The molecule has 2 heterocycles. The number of amides is 2. The van der Waals surface area contributed by atoms with Gasteiger partial charge in [0.2, 0.25) is 0 Å². The molecule has 1 aromatic carbocycles. The summed E-state index contributed by atoms with van der Waals surface area (Å²) in [5, 5.41) is 16.4. The van der Waals surface area contributed by atoms with Crippen LogP contribution in [0, 0.1) is 0 Å². The molecule has 0 spiro atoms. The number of aromatic nitrogens is 3. The molecule has 1 aliphatic heterocycles. The number of thioether (sulfide) groups is 1. The Kier molecular flexibility index (Phi) is 5.46. The Labute approximate surface area is 155 Å². The van der Waals surface area contributed by atoms with E-state index in [4.69, 9.17) is 4.74 Å². The number of Topliss-reactive ketones (excluding diaryl/α,β-unsaturated/α-hetero) is 1. The van der Waals surface area contributed by atoms with Gasteiger partial charge < -0.3 is 15.4 Å². The smallest absolute Gasteiger partial charge is 0.319 e. The van der Waals surface area contributed by atoms with Crippen LogP contribution in [0.25, 0.3) is 0 Å². The SMILES string of the molecule is CC[C@@]1(C)CC(=O)c2cc(NC(=O)NCCSc3cn[nH]n3)ccc2O1. The lowest BCUT2D eigenvalue weighted by Crippen LogP contribution is -2.38. The molecule has 0 saturated carbocycles. The van der Waals surface area contributed by atoms with Crippen LogP contribution in [0.15, 0.2) is 29.4 Å². The molecular weight excluding hydrogens is 354 g/mol. The first-order valence-electron chi connectivity index (χ1n) is 8.39. The molecule has 3 N–H and O–H groups in total. The Bertz CT molecular complexity index is 796. The summed E-state index contributed by atoms with van der Waals surface area (Å²) in [7, 11) is 0. The number of H-pyrrole nitrogens is 1. The first-order chi connectivity index (χ1) is 12.5. The fourth-order valence-electron chi connectivity index (χ4n) is 2.60. The zero-order valence-electron chi connectivity index (χ0n) is 14.7. The Morgan fingerprint density at radius 2 is 2.31 bits per heavy atom. The van der Waals surface area contributed by atoms with Gasteiger partial charge in [0.05, 0.1) is 18.2 Å². The van der Waals surface area contributed by atoms with Crippen molar-refractivity contribution in [2.24, 2.45) is 0 Å². The van der Waals surface area contributed by atoms with Crippen LogP contribution in [-0.4, -0.2) is 45.1 Å². The number of carbonyl (C=O) groups excluding carboxylic acids is 2. The van der Waals surface area contributed by atoms with Crippen molar-refractivity contribution >= 4 is 29.3 Å². The number of ether oxygens (including phenoxy) is 1. The second-order valence-electron chi connectivity index (χ2n) is 6.25. The highest BCUT2D eigenvalue weighted by Crippen LogP contribution is 2.36. The molecule has 1 aromatic heterocycles. The third kappa shape index (κ3) is 4.34. The number of anilines is 1. The summed E-state index contributed by atoms with van der Waals surface area (Å²) in [6.45, 7) is 4.41. The zero-order valence-corrected chi connectivity index (χ0v) is 15.5. The molecule has 0 unspecified atom stereocenters. The van der Waals surface area contributed by atoms with Crippen molar-refractivity contribution in [3.05, 3.63) is 30.0 Å². The number of rotatable bonds is 6. The van der Waals surface area contributed by atoms with E-state index in [2.05, 4.69) is 26.0 Å². The van der Waals surface area contributed by atoms with E-state index in [1.54, 1.807) is 24.4 Å². The van der Waals surface area contributed by atoms with E-state index in [0.29, 0.717) is 35.7 Å². The van der Waals surface area contributed by atoms with E-state index >= 15 is 0 Å². The van der Waals surface area contributed by atoms with E-state index < -0.39 is 5.60 Å². The van der Waals surface area contributed by atoms with E-state index in [-0.39, 0.29) is 11.8 Å². The molecule has 3 rings (SSSR count). The highest BCUT2D eigenvalue weighted by molar-refractivity contribution is 7.99. The Morgan fingerprint density at radius 1 is 1.46 bits per heavy atom. The van der Waals surface area contributed by atoms with Gasteiger partial charge in [0.1, 0.15) is 16.4 Å². The molecular formula is C17H21N5O3S. The first kappa shape index (κ1) is 18.2. The minimum absolute atomic E-state index is 0.0312. The van der Waals surface area contributed by atoms with Gasteiger partial charge in [-0.1, -0.05) is 6.92 Å². The number of ketones is 1. The third-order valence-corrected chi connectivity index (χ3v) is 5.11. The molecule has 1 aliphatic rings. The summed E-state index contributed by atoms with van der Waals surface area (Å²) in [5.41, 5.74) is 0.607. The average molecular weight is 375 g/mol. The number of nitrogens with one attached hydrogen (secondary N) is 3. The molecule has 2 amide bonds. The molecule has 0 aliphatic carbocycles. The number of carbonyl (C=O) groups is 2. The predicted octanol–water partition coefficient (Wildman–Crippen LogP) is 2.85. The Morgan fingerprint density at radius 3 is 3.04 bits per heavy atom. The van der Waals surface area contributed by atoms with Gasteiger partial charge in [-0.05, 0) is 31.5 Å². The first-order valence-corrected chi connectivity index (χ1v) is 9.37. The maximum absolute atomic E-state index is 12.4. The van der Waals surface area contributed by atoms with E-state index in [1.807, 2.05) is 13.8 Å². The number of benzene rings is 1. The fourth-order valence-corrected chi connectivity index (χ4v) is 3.25. The van der Waals surface area contributed by atoms with Gasteiger partial charge in [-0.3, -0.25) is 4.79 Å². The lowest BCUT2D eigenvalue weighted by Gasteiger charge is -2.34. The molecule has 0 bridgehead atoms. The largest absolute Gasteiger partial charge is 0.486 e. The Balaban J connectivity index is 1.53. The van der Waals surface area contributed by atoms with Crippen LogP contribution in [0.4, 0.5) is 10.5 Å². The summed E-state index contributed by atoms with van der Waals surface area (Å²) in [6, 6.07) is 4.80. The number of fused-ring (bicyclic) bond motifs is 1. The van der Waals surface area contributed by atoms with Crippen LogP contribution in [0.5, 0.6) is 5.75 Å². The van der Waals surface area contributed by atoms with E-state index in [9.17, 15) is 9.59 Å². The highest BCUT2D eigenvalue weighted by atomic mass is 32.2. The van der Waals surface area contributed by atoms with Crippen LogP contribution in [0.3, 0.4) is 0 Å². The average Bonchev–Trinajstić information content (AvgIpc) is 3.13. The molecule has 9 heteroatoms. The minimum Gasteiger partial charge on any atom is -0.486 e. The van der Waals surface area contributed by atoms with Gasteiger partial charge in [-0.25, -0.2) is 4.79 Å². The quantitative estimate of drug-likeness (QED) is 0.529. The van der Waals surface area contributed by atoms with Crippen molar-refractivity contribution in [3.63, 3.8) is 0 Å². The van der Waals surface area contributed by atoms with Crippen LogP contribution < -0.4 is 15.4 Å². The molecule has 8 nitrogen and oxygen atoms in total. The van der Waals surface area contributed by atoms with Crippen LogP contribution in [-0.2, 0) is 0 Å². The van der Waals surface area contributed by atoms with Gasteiger partial charge in [0, 0.05) is 18.0 Å². The molecule has 2 aromatic rings. The summed E-state index contributed by atoms with van der Waals surface area (Å²) in [6.07, 6.45) is 2.72. The van der Waals surface area contributed by atoms with Crippen molar-refractivity contribution in [2.75, 3.05) is 17.6 Å². The normalized spacial score (nSPS) is 18.8. The monoisotopic (exact) mass is 375 g/mol. The second-order valence-corrected chi connectivity index (χ2v) is 7.37. The molecule has 26 heavy (non-hydrogen) atoms. The topological polar surface area (TPSA) is 109 Å². The summed E-state index contributed by atoms with van der Waals surface area (Å²) in [4.78, 5) is 24.4. The van der Waals surface area contributed by atoms with E-state index in [1.165, 1.54) is 11.8 Å². The number of aromatic amines is 1. The van der Waals surface area contributed by atoms with Crippen LogP contribution >= 0.6 is 11.8 Å².